The van der Waals surface area contributed by atoms with E-state index in [0.717, 1.165) is 11.8 Å². The van der Waals surface area contributed by atoms with E-state index < -0.39 is 28.9 Å². The van der Waals surface area contributed by atoms with Gasteiger partial charge in [-0.25, -0.2) is 4.79 Å². The molecule has 2 rings (SSSR count). The highest BCUT2D eigenvalue weighted by Crippen LogP contribution is 2.38. The van der Waals surface area contributed by atoms with E-state index in [1.807, 2.05) is 0 Å². The molecule has 0 aromatic rings. The van der Waals surface area contributed by atoms with Gasteiger partial charge in [-0.05, 0) is 0 Å². The first-order valence-corrected chi connectivity index (χ1v) is 5.12. The lowest BCUT2D eigenvalue weighted by atomic mass is 10.0. The number of carbonyl (C=O) groups excluding carboxylic acids is 1. The van der Waals surface area contributed by atoms with Gasteiger partial charge < -0.3 is 20.1 Å². The highest BCUT2D eigenvalue weighted by Gasteiger charge is 2.45. The fraction of sp³-hybridized carbons (Fsp3) is 0.625. The summed E-state index contributed by atoms with van der Waals surface area (Å²) in [6.45, 7) is -0.249. The van der Waals surface area contributed by atoms with Crippen molar-refractivity contribution in [2.75, 3.05) is 6.61 Å². The molecular weight excluding hydrogens is 208 g/mol. The van der Waals surface area contributed by atoms with Crippen LogP contribution in [0, 0.1) is 0 Å². The zero-order chi connectivity index (χ0) is 10.3. The fourth-order valence-corrected chi connectivity index (χ4v) is 2.71. The van der Waals surface area contributed by atoms with Crippen LogP contribution in [0.2, 0.25) is 0 Å². The zero-order valence-corrected chi connectivity index (χ0v) is 7.98. The summed E-state index contributed by atoms with van der Waals surface area (Å²) in [5.74, 6) is -0.553. The van der Waals surface area contributed by atoms with Crippen molar-refractivity contribution in [1.82, 2.24) is 0 Å². The average molecular weight is 218 g/mol. The predicted octanol–water partition coefficient (Wildman–Crippen LogP) is -1.37. The van der Waals surface area contributed by atoms with Crippen LogP contribution >= 0.6 is 11.8 Å². The molecule has 4 atom stereocenters. The number of thioether (sulfide) groups is 1. The van der Waals surface area contributed by atoms with Gasteiger partial charge in [-0.15, -0.1) is 11.8 Å². The van der Waals surface area contributed by atoms with Crippen molar-refractivity contribution in [3.05, 3.63) is 11.6 Å². The van der Waals surface area contributed by atoms with Crippen molar-refractivity contribution < 1.29 is 24.9 Å². The number of rotatable bonds is 1. The summed E-state index contributed by atoms with van der Waals surface area (Å²) in [5, 5.41) is 27.6. The number of aliphatic hydroxyl groups is 3. The molecule has 0 spiro atoms. The Hall–Kier alpha value is -0.560. The Labute approximate surface area is 84.4 Å². The van der Waals surface area contributed by atoms with Crippen molar-refractivity contribution in [3.63, 3.8) is 0 Å². The van der Waals surface area contributed by atoms with E-state index in [2.05, 4.69) is 0 Å². The number of hydrogen-bond donors (Lipinski definition) is 3. The molecule has 6 heteroatoms. The van der Waals surface area contributed by atoms with E-state index in [1.165, 1.54) is 6.08 Å². The molecule has 2 aliphatic rings. The van der Waals surface area contributed by atoms with Crippen molar-refractivity contribution in [3.8, 4) is 0 Å². The molecule has 14 heavy (non-hydrogen) atoms. The number of carbonyl (C=O) groups is 1. The van der Waals surface area contributed by atoms with Gasteiger partial charge in [0.1, 0.15) is 5.44 Å². The second kappa shape index (κ2) is 3.54. The molecule has 2 aliphatic heterocycles. The van der Waals surface area contributed by atoms with Gasteiger partial charge in [0.15, 0.2) is 6.10 Å². The molecule has 0 aromatic heterocycles. The standard InChI is InChI=1S/C8H10O5S/c9-2-4-6(11)3-1-5(10)13-7(3)8(12)14-4/h1,4,6-9,11-12H,2H2/t4-,6-,7+,8?/m0/s1. The van der Waals surface area contributed by atoms with Gasteiger partial charge in [0.25, 0.3) is 0 Å². The van der Waals surface area contributed by atoms with Gasteiger partial charge in [0.05, 0.1) is 18.0 Å². The third kappa shape index (κ3) is 1.44. The Morgan fingerprint density at radius 2 is 2.21 bits per heavy atom. The minimum absolute atomic E-state index is 0.249. The van der Waals surface area contributed by atoms with Crippen LogP contribution in [0.1, 0.15) is 0 Å². The Balaban J connectivity index is 2.25. The summed E-state index contributed by atoms with van der Waals surface area (Å²) in [6.07, 6.45) is -0.504. The monoisotopic (exact) mass is 218 g/mol. The lowest BCUT2D eigenvalue weighted by Crippen LogP contribution is -2.44. The predicted molar refractivity (Wildman–Crippen MR) is 48.4 cm³/mol. The number of hydrogen-bond acceptors (Lipinski definition) is 6. The van der Waals surface area contributed by atoms with Gasteiger partial charge in [-0.2, -0.15) is 0 Å². The molecule has 2 heterocycles. The largest absolute Gasteiger partial charge is 0.451 e. The molecule has 0 radical (unpaired) electrons. The Morgan fingerprint density at radius 1 is 1.50 bits per heavy atom. The average Bonchev–Trinajstić information content (AvgIpc) is 2.54. The normalized spacial score (nSPS) is 41.6. The molecule has 0 amide bonds. The van der Waals surface area contributed by atoms with Gasteiger partial charge in [0.2, 0.25) is 0 Å². The van der Waals surface area contributed by atoms with Crippen LogP contribution in [-0.4, -0.2) is 50.8 Å². The molecule has 3 N–H and O–H groups in total. The van der Waals surface area contributed by atoms with E-state index in [9.17, 15) is 15.0 Å². The van der Waals surface area contributed by atoms with Crippen molar-refractivity contribution in [2.24, 2.45) is 0 Å². The maximum atomic E-state index is 10.9. The molecule has 1 saturated heterocycles. The van der Waals surface area contributed by atoms with E-state index in [1.54, 1.807) is 0 Å². The van der Waals surface area contributed by atoms with Crippen molar-refractivity contribution >= 4 is 17.7 Å². The fourth-order valence-electron chi connectivity index (χ4n) is 1.60. The van der Waals surface area contributed by atoms with Crippen molar-refractivity contribution in [1.29, 1.82) is 0 Å². The number of ether oxygens (including phenoxy) is 1. The highest BCUT2D eigenvalue weighted by atomic mass is 32.2. The maximum absolute atomic E-state index is 10.9. The smallest absolute Gasteiger partial charge is 0.331 e. The third-order valence-electron chi connectivity index (χ3n) is 2.30. The number of esters is 1. The van der Waals surface area contributed by atoms with E-state index in [-0.39, 0.29) is 6.61 Å². The lowest BCUT2D eigenvalue weighted by molar-refractivity contribution is -0.141. The number of aliphatic hydroxyl groups excluding tert-OH is 3. The molecule has 0 saturated carbocycles. The van der Waals surface area contributed by atoms with Crippen molar-refractivity contribution in [2.45, 2.75) is 22.9 Å². The first kappa shape index (κ1) is 9.97. The molecule has 1 fully saturated rings. The van der Waals surface area contributed by atoms with Gasteiger partial charge >= 0.3 is 5.97 Å². The second-order valence-electron chi connectivity index (χ2n) is 3.19. The summed E-state index contributed by atoms with van der Waals surface area (Å²) < 4.78 is 4.80. The third-order valence-corrected chi connectivity index (χ3v) is 3.59. The SMILES string of the molecule is O=C1C=C2[C@@H](O1)C(O)S[C@@H](CO)[C@H]2O. The van der Waals surface area contributed by atoms with Crippen LogP contribution in [0.5, 0.6) is 0 Å². The van der Waals surface area contributed by atoms with Crippen LogP contribution in [0.3, 0.4) is 0 Å². The molecule has 1 unspecified atom stereocenters. The second-order valence-corrected chi connectivity index (χ2v) is 4.55. The molecule has 0 bridgehead atoms. The summed E-state index contributed by atoms with van der Waals surface area (Å²) in [5.41, 5.74) is -0.548. The van der Waals surface area contributed by atoms with E-state index in [4.69, 9.17) is 9.84 Å². The Morgan fingerprint density at radius 3 is 2.86 bits per heavy atom. The minimum atomic E-state index is -0.926. The Kier molecular flexibility index (Phi) is 2.52. The van der Waals surface area contributed by atoms with Gasteiger partial charge in [0, 0.05) is 11.6 Å². The van der Waals surface area contributed by atoms with Crippen LogP contribution < -0.4 is 0 Å². The highest BCUT2D eigenvalue weighted by molar-refractivity contribution is 8.00. The summed E-state index contributed by atoms with van der Waals surface area (Å²) in [4.78, 5) is 10.9. The minimum Gasteiger partial charge on any atom is -0.451 e. The van der Waals surface area contributed by atoms with Crippen LogP contribution in [0.4, 0.5) is 0 Å². The first-order valence-electron chi connectivity index (χ1n) is 4.18. The molecule has 0 aromatic carbocycles. The molecule has 5 nitrogen and oxygen atoms in total. The van der Waals surface area contributed by atoms with Gasteiger partial charge in [-0.1, -0.05) is 0 Å². The maximum Gasteiger partial charge on any atom is 0.331 e. The van der Waals surface area contributed by atoms with E-state index >= 15 is 0 Å². The van der Waals surface area contributed by atoms with Gasteiger partial charge in [-0.3, -0.25) is 0 Å². The summed E-state index contributed by atoms with van der Waals surface area (Å²) >= 11 is 1.01. The quantitative estimate of drug-likeness (QED) is 0.470. The summed E-state index contributed by atoms with van der Waals surface area (Å²) in [6, 6.07) is 0. The van der Waals surface area contributed by atoms with Crippen LogP contribution in [0.15, 0.2) is 11.6 Å². The molecule has 0 aliphatic carbocycles. The topological polar surface area (TPSA) is 87.0 Å². The molecule has 78 valence electrons. The lowest BCUT2D eigenvalue weighted by Gasteiger charge is -2.34. The first-order chi connectivity index (χ1) is 6.63. The summed E-state index contributed by atoms with van der Waals surface area (Å²) in [7, 11) is 0. The van der Waals surface area contributed by atoms with Crippen LogP contribution in [-0.2, 0) is 9.53 Å². The number of fused-ring (bicyclic) bond motifs is 1. The zero-order valence-electron chi connectivity index (χ0n) is 7.16. The van der Waals surface area contributed by atoms with E-state index in [0.29, 0.717) is 5.57 Å². The Bertz CT molecular complexity index is 289. The molecular formula is C8H10O5S. The van der Waals surface area contributed by atoms with Crippen LogP contribution in [0.25, 0.3) is 0 Å².